The van der Waals surface area contributed by atoms with Gasteiger partial charge in [-0.25, -0.2) is 0 Å². The first kappa shape index (κ1) is 18.2. The number of nitrogens with one attached hydrogen (secondary N) is 2. The van der Waals surface area contributed by atoms with Crippen LogP contribution in [0.5, 0.6) is 0 Å². The number of rotatable bonds is 7. The lowest BCUT2D eigenvalue weighted by Crippen LogP contribution is -2.61. The summed E-state index contributed by atoms with van der Waals surface area (Å²) in [7, 11) is 1.79. The zero-order valence-electron chi connectivity index (χ0n) is 15.4. The lowest BCUT2D eigenvalue weighted by atomic mass is 9.79. The summed E-state index contributed by atoms with van der Waals surface area (Å²) in [5, 5.41) is 7.64. The SMILES string of the molecule is COCCCN1CC[C@H](CNC2CC(C)(C)NC(C)(C)C2)C1. The largest absolute Gasteiger partial charge is 0.385 e. The fraction of sp³-hybridized carbons (Fsp3) is 1.00. The van der Waals surface area contributed by atoms with Crippen molar-refractivity contribution in [1.29, 1.82) is 0 Å². The van der Waals surface area contributed by atoms with Gasteiger partial charge < -0.3 is 20.3 Å². The van der Waals surface area contributed by atoms with Crippen LogP contribution < -0.4 is 10.6 Å². The van der Waals surface area contributed by atoms with Crippen LogP contribution in [0.1, 0.15) is 53.4 Å². The molecule has 2 fully saturated rings. The van der Waals surface area contributed by atoms with Crippen molar-refractivity contribution < 1.29 is 4.74 Å². The van der Waals surface area contributed by atoms with Crippen molar-refractivity contribution in [3.8, 4) is 0 Å². The van der Waals surface area contributed by atoms with Gasteiger partial charge in [-0.1, -0.05) is 0 Å². The molecule has 0 aromatic rings. The Morgan fingerprint density at radius 3 is 2.50 bits per heavy atom. The zero-order chi connectivity index (χ0) is 16.2. The molecule has 0 bridgehead atoms. The fourth-order valence-corrected chi connectivity index (χ4v) is 4.52. The van der Waals surface area contributed by atoms with Gasteiger partial charge in [-0.15, -0.1) is 0 Å². The third-order valence-corrected chi connectivity index (χ3v) is 5.08. The highest BCUT2D eigenvalue weighted by Crippen LogP contribution is 2.28. The van der Waals surface area contributed by atoms with Gasteiger partial charge in [0.1, 0.15) is 0 Å². The molecular weight excluding hydrogens is 274 g/mol. The Kier molecular flexibility index (Phi) is 6.29. The molecule has 22 heavy (non-hydrogen) atoms. The van der Waals surface area contributed by atoms with E-state index in [1.807, 2.05) is 0 Å². The highest BCUT2D eigenvalue weighted by atomic mass is 16.5. The Morgan fingerprint density at radius 2 is 1.86 bits per heavy atom. The van der Waals surface area contributed by atoms with Crippen molar-refractivity contribution >= 4 is 0 Å². The predicted octanol–water partition coefficient (Wildman–Crippen LogP) is 2.24. The van der Waals surface area contributed by atoms with Crippen LogP contribution in [0.15, 0.2) is 0 Å². The third-order valence-electron chi connectivity index (χ3n) is 5.08. The predicted molar refractivity (Wildman–Crippen MR) is 93.4 cm³/mol. The van der Waals surface area contributed by atoms with Crippen LogP contribution in [0.2, 0.25) is 0 Å². The molecule has 2 saturated heterocycles. The van der Waals surface area contributed by atoms with Crippen LogP contribution in [0, 0.1) is 5.92 Å². The second-order valence-corrected chi connectivity index (χ2v) is 8.71. The molecule has 0 aromatic carbocycles. The summed E-state index contributed by atoms with van der Waals surface area (Å²) < 4.78 is 5.15. The van der Waals surface area contributed by atoms with Gasteiger partial charge >= 0.3 is 0 Å². The highest BCUT2D eigenvalue weighted by molar-refractivity contribution is 4.99. The van der Waals surface area contributed by atoms with Crippen molar-refractivity contribution in [2.45, 2.75) is 70.5 Å². The number of ether oxygens (including phenoxy) is 1. The van der Waals surface area contributed by atoms with Crippen molar-refractivity contribution in [2.75, 3.05) is 39.9 Å². The number of hydrogen-bond acceptors (Lipinski definition) is 4. The number of methoxy groups -OCH3 is 1. The number of likely N-dealkylation sites (tertiary alicyclic amines) is 1. The lowest BCUT2D eigenvalue weighted by Gasteiger charge is -2.47. The molecule has 2 heterocycles. The van der Waals surface area contributed by atoms with E-state index in [4.69, 9.17) is 4.74 Å². The minimum Gasteiger partial charge on any atom is -0.385 e. The Hall–Kier alpha value is -0.160. The van der Waals surface area contributed by atoms with Crippen LogP contribution in [0.25, 0.3) is 0 Å². The van der Waals surface area contributed by atoms with Crippen LogP contribution in [-0.2, 0) is 4.74 Å². The Bertz CT molecular complexity index is 327. The summed E-state index contributed by atoms with van der Waals surface area (Å²) >= 11 is 0. The average Bonchev–Trinajstić information content (AvgIpc) is 2.81. The maximum absolute atomic E-state index is 5.15. The molecule has 1 atom stereocenters. The maximum Gasteiger partial charge on any atom is 0.0474 e. The zero-order valence-corrected chi connectivity index (χ0v) is 15.4. The van der Waals surface area contributed by atoms with Crippen LogP contribution >= 0.6 is 0 Å². The van der Waals surface area contributed by atoms with Crippen molar-refractivity contribution in [3.63, 3.8) is 0 Å². The maximum atomic E-state index is 5.15. The molecule has 0 saturated carbocycles. The van der Waals surface area contributed by atoms with Crippen LogP contribution in [0.4, 0.5) is 0 Å². The first-order chi connectivity index (χ1) is 10.3. The van der Waals surface area contributed by atoms with E-state index in [0.717, 1.165) is 18.9 Å². The summed E-state index contributed by atoms with van der Waals surface area (Å²) in [5.41, 5.74) is 0.475. The lowest BCUT2D eigenvalue weighted by molar-refractivity contribution is 0.143. The third kappa shape index (κ3) is 5.80. The number of hydrogen-bond donors (Lipinski definition) is 2. The van der Waals surface area contributed by atoms with E-state index in [1.165, 1.54) is 45.4 Å². The van der Waals surface area contributed by atoms with Gasteiger partial charge in [-0.2, -0.15) is 0 Å². The molecule has 0 radical (unpaired) electrons. The first-order valence-electron chi connectivity index (χ1n) is 9.04. The van der Waals surface area contributed by atoms with E-state index in [1.54, 1.807) is 7.11 Å². The van der Waals surface area contributed by atoms with Crippen molar-refractivity contribution in [3.05, 3.63) is 0 Å². The van der Waals surface area contributed by atoms with Gasteiger partial charge in [0.25, 0.3) is 0 Å². The molecule has 4 heteroatoms. The summed E-state index contributed by atoms with van der Waals surface area (Å²) in [6.07, 6.45) is 4.95. The Balaban J connectivity index is 1.70. The molecule has 130 valence electrons. The molecule has 0 spiro atoms. The van der Waals surface area contributed by atoms with Gasteiger partial charge in [0.15, 0.2) is 0 Å². The second kappa shape index (κ2) is 7.61. The smallest absolute Gasteiger partial charge is 0.0474 e. The molecule has 2 aliphatic rings. The summed E-state index contributed by atoms with van der Waals surface area (Å²) in [6.45, 7) is 15.1. The Labute approximate surface area is 137 Å². The minimum absolute atomic E-state index is 0.237. The number of nitrogens with zero attached hydrogens (tertiary/aromatic N) is 1. The topological polar surface area (TPSA) is 36.5 Å². The molecule has 0 unspecified atom stereocenters. The monoisotopic (exact) mass is 311 g/mol. The van der Waals surface area contributed by atoms with E-state index in [-0.39, 0.29) is 11.1 Å². The first-order valence-corrected chi connectivity index (χ1v) is 9.04. The van der Waals surface area contributed by atoms with E-state index in [0.29, 0.717) is 6.04 Å². The van der Waals surface area contributed by atoms with E-state index < -0.39 is 0 Å². The fourth-order valence-electron chi connectivity index (χ4n) is 4.52. The minimum atomic E-state index is 0.237. The van der Waals surface area contributed by atoms with Crippen molar-refractivity contribution in [1.82, 2.24) is 15.5 Å². The van der Waals surface area contributed by atoms with E-state index in [9.17, 15) is 0 Å². The van der Waals surface area contributed by atoms with E-state index in [2.05, 4.69) is 43.2 Å². The highest BCUT2D eigenvalue weighted by Gasteiger charge is 2.37. The van der Waals surface area contributed by atoms with Gasteiger partial charge in [-0.05, 0) is 72.4 Å². The van der Waals surface area contributed by atoms with Gasteiger partial charge in [-0.3, -0.25) is 0 Å². The molecule has 0 aliphatic carbocycles. The van der Waals surface area contributed by atoms with Crippen LogP contribution in [0.3, 0.4) is 0 Å². The molecule has 4 nitrogen and oxygen atoms in total. The quantitative estimate of drug-likeness (QED) is 0.707. The summed E-state index contributed by atoms with van der Waals surface area (Å²) in [6, 6.07) is 0.647. The average molecular weight is 312 g/mol. The Morgan fingerprint density at radius 1 is 1.18 bits per heavy atom. The number of piperidine rings is 1. The van der Waals surface area contributed by atoms with Gasteiger partial charge in [0, 0.05) is 43.9 Å². The van der Waals surface area contributed by atoms with E-state index >= 15 is 0 Å². The van der Waals surface area contributed by atoms with Crippen molar-refractivity contribution in [2.24, 2.45) is 5.92 Å². The summed E-state index contributed by atoms with van der Waals surface area (Å²) in [5.74, 6) is 0.823. The van der Waals surface area contributed by atoms with Crippen LogP contribution in [-0.4, -0.2) is 61.9 Å². The second-order valence-electron chi connectivity index (χ2n) is 8.71. The van der Waals surface area contributed by atoms with Gasteiger partial charge in [0.2, 0.25) is 0 Å². The molecule has 2 N–H and O–H groups in total. The molecule has 0 aromatic heterocycles. The normalized spacial score (nSPS) is 29.0. The molecule has 0 amide bonds. The molecular formula is C18H37N3O. The standard InChI is InChI=1S/C18H37N3O/c1-17(2)11-16(12-18(3,4)20-17)19-13-15-7-9-21(14-15)8-6-10-22-5/h15-16,19-20H,6-14H2,1-5H3/t15-/m1/s1. The molecule has 2 aliphatic heterocycles. The van der Waals surface area contributed by atoms with Gasteiger partial charge in [0.05, 0.1) is 0 Å². The summed E-state index contributed by atoms with van der Waals surface area (Å²) in [4.78, 5) is 2.60. The molecule has 2 rings (SSSR count).